The zero-order valence-electron chi connectivity index (χ0n) is 14.3. The molecule has 0 bridgehead atoms. The average molecular weight is 367 g/mol. The number of nitrogens with zero attached hydrogens (tertiary/aromatic N) is 3. The Balaban J connectivity index is 1.73. The van der Waals surface area contributed by atoms with Crippen LogP contribution < -0.4 is 10.6 Å². The molecule has 0 aliphatic heterocycles. The number of nitrogens with one attached hydrogen (secondary N) is 2. The highest BCUT2D eigenvalue weighted by atomic mass is 19.4. The quantitative estimate of drug-likeness (QED) is 0.862. The number of carbonyl (C=O) groups excluding carboxylic acids is 1. The Hall–Kier alpha value is -2.58. The summed E-state index contributed by atoms with van der Waals surface area (Å²) in [5, 5.41) is 9.06. The fourth-order valence-corrected chi connectivity index (χ4v) is 3.13. The van der Waals surface area contributed by atoms with Gasteiger partial charge in [-0.05, 0) is 49.8 Å². The smallest absolute Gasteiger partial charge is 0.335 e. The molecule has 26 heavy (non-hydrogen) atoms. The molecular formula is C17H20F3N5O. The topological polar surface area (TPSA) is 71.8 Å². The van der Waals surface area contributed by atoms with E-state index < -0.39 is 17.8 Å². The Morgan fingerprint density at radius 1 is 1.23 bits per heavy atom. The van der Waals surface area contributed by atoms with Crippen molar-refractivity contribution in [2.75, 3.05) is 5.32 Å². The van der Waals surface area contributed by atoms with Crippen molar-refractivity contribution < 1.29 is 18.0 Å². The summed E-state index contributed by atoms with van der Waals surface area (Å²) in [4.78, 5) is 15.8. The van der Waals surface area contributed by atoms with Crippen LogP contribution in [0.4, 0.5) is 23.7 Å². The van der Waals surface area contributed by atoms with Gasteiger partial charge in [0.1, 0.15) is 12.7 Å². The fourth-order valence-electron chi connectivity index (χ4n) is 3.13. The Morgan fingerprint density at radius 3 is 2.58 bits per heavy atom. The number of benzene rings is 1. The highest BCUT2D eigenvalue weighted by Gasteiger charge is 2.34. The lowest BCUT2D eigenvalue weighted by Crippen LogP contribution is -2.40. The molecule has 1 aromatic heterocycles. The maximum atomic E-state index is 13.4. The molecule has 2 aromatic rings. The summed E-state index contributed by atoms with van der Waals surface area (Å²) in [6.45, 7) is 2.17. The molecular weight excluding hydrogens is 347 g/mol. The van der Waals surface area contributed by atoms with Crippen LogP contribution in [0.25, 0.3) is 5.69 Å². The number of carbonyl (C=O) groups is 1. The number of anilines is 1. The van der Waals surface area contributed by atoms with Gasteiger partial charge >= 0.3 is 12.2 Å². The summed E-state index contributed by atoms with van der Waals surface area (Å²) in [5.74, 6) is 0.648. The van der Waals surface area contributed by atoms with E-state index in [4.69, 9.17) is 0 Å². The van der Waals surface area contributed by atoms with E-state index in [2.05, 4.69) is 27.6 Å². The third kappa shape index (κ3) is 4.33. The van der Waals surface area contributed by atoms with Crippen molar-refractivity contribution in [2.45, 2.75) is 44.8 Å². The highest BCUT2D eigenvalue weighted by molar-refractivity contribution is 5.89. The Bertz CT molecular complexity index is 752. The van der Waals surface area contributed by atoms with Crippen LogP contribution in [0.2, 0.25) is 0 Å². The van der Waals surface area contributed by atoms with Crippen molar-refractivity contribution >= 4 is 11.7 Å². The number of hydrogen-bond acceptors (Lipinski definition) is 3. The maximum absolute atomic E-state index is 13.4. The predicted octanol–water partition coefficient (Wildman–Crippen LogP) is 3.99. The number of rotatable bonds is 3. The first-order chi connectivity index (χ1) is 12.3. The molecule has 1 saturated carbocycles. The first-order valence-corrected chi connectivity index (χ1v) is 8.46. The molecule has 0 unspecified atom stereocenters. The molecule has 0 saturated heterocycles. The molecule has 0 atom stereocenters. The summed E-state index contributed by atoms with van der Waals surface area (Å²) in [5.41, 5.74) is -0.975. The maximum Gasteiger partial charge on any atom is 0.418 e. The minimum absolute atomic E-state index is 0.0581. The van der Waals surface area contributed by atoms with Crippen molar-refractivity contribution in [3.63, 3.8) is 0 Å². The van der Waals surface area contributed by atoms with Gasteiger partial charge in [0.25, 0.3) is 0 Å². The van der Waals surface area contributed by atoms with E-state index in [1.807, 2.05) is 0 Å². The van der Waals surface area contributed by atoms with E-state index in [9.17, 15) is 18.0 Å². The van der Waals surface area contributed by atoms with E-state index in [0.717, 1.165) is 42.8 Å². The minimum Gasteiger partial charge on any atom is -0.335 e. The zero-order valence-corrected chi connectivity index (χ0v) is 14.3. The summed E-state index contributed by atoms with van der Waals surface area (Å²) < 4.78 is 41.2. The molecule has 3 rings (SSSR count). The van der Waals surface area contributed by atoms with Gasteiger partial charge in [0.15, 0.2) is 0 Å². The highest BCUT2D eigenvalue weighted by Crippen LogP contribution is 2.35. The summed E-state index contributed by atoms with van der Waals surface area (Å²) in [6.07, 6.45) is 1.60. The van der Waals surface area contributed by atoms with Gasteiger partial charge < -0.3 is 10.6 Å². The van der Waals surface area contributed by atoms with E-state index in [1.165, 1.54) is 18.5 Å². The van der Waals surface area contributed by atoms with E-state index in [0.29, 0.717) is 5.92 Å². The van der Waals surface area contributed by atoms with Gasteiger partial charge in [-0.3, -0.25) is 0 Å². The second-order valence-electron chi connectivity index (χ2n) is 6.62. The van der Waals surface area contributed by atoms with Crippen LogP contribution in [-0.2, 0) is 6.18 Å². The first-order valence-electron chi connectivity index (χ1n) is 8.46. The Kier molecular flexibility index (Phi) is 5.15. The van der Waals surface area contributed by atoms with Crippen molar-refractivity contribution in [1.29, 1.82) is 0 Å². The molecule has 0 spiro atoms. The molecule has 1 aromatic carbocycles. The summed E-state index contributed by atoms with van der Waals surface area (Å²) in [7, 11) is 0. The van der Waals surface area contributed by atoms with Gasteiger partial charge in [0.2, 0.25) is 0 Å². The molecule has 6 nitrogen and oxygen atoms in total. The normalized spacial score (nSPS) is 20.6. The first kappa shape index (κ1) is 18.2. The van der Waals surface area contributed by atoms with Crippen molar-refractivity contribution in [1.82, 2.24) is 20.1 Å². The van der Waals surface area contributed by atoms with Crippen molar-refractivity contribution in [2.24, 2.45) is 5.92 Å². The minimum atomic E-state index is -4.59. The molecule has 9 heteroatoms. The molecule has 0 radical (unpaired) electrons. The van der Waals surface area contributed by atoms with Gasteiger partial charge in [-0.1, -0.05) is 6.92 Å². The average Bonchev–Trinajstić information content (AvgIpc) is 3.10. The van der Waals surface area contributed by atoms with Gasteiger partial charge in [-0.2, -0.15) is 18.3 Å². The van der Waals surface area contributed by atoms with Gasteiger partial charge in [-0.15, -0.1) is 0 Å². The zero-order chi connectivity index (χ0) is 18.7. The van der Waals surface area contributed by atoms with E-state index >= 15 is 0 Å². The van der Waals surface area contributed by atoms with Gasteiger partial charge in [0, 0.05) is 11.7 Å². The van der Waals surface area contributed by atoms with Crippen LogP contribution in [-0.4, -0.2) is 26.8 Å². The number of aromatic nitrogens is 3. The molecule has 1 aliphatic carbocycles. The number of amides is 2. The monoisotopic (exact) mass is 367 g/mol. The number of alkyl halides is 3. The molecule has 1 heterocycles. The van der Waals surface area contributed by atoms with Crippen molar-refractivity contribution in [3.05, 3.63) is 36.4 Å². The summed E-state index contributed by atoms with van der Waals surface area (Å²) in [6, 6.07) is 3.14. The Morgan fingerprint density at radius 2 is 1.96 bits per heavy atom. The lowest BCUT2D eigenvalue weighted by Gasteiger charge is -2.27. The lowest BCUT2D eigenvalue weighted by molar-refractivity contribution is -0.137. The molecule has 2 N–H and O–H groups in total. The van der Waals surface area contributed by atoms with Crippen LogP contribution in [0.15, 0.2) is 30.9 Å². The second-order valence-corrected chi connectivity index (χ2v) is 6.62. The van der Waals surface area contributed by atoms with Crippen LogP contribution in [0.1, 0.15) is 38.2 Å². The lowest BCUT2D eigenvalue weighted by atomic mass is 9.87. The van der Waals surface area contributed by atoms with Crippen LogP contribution in [0, 0.1) is 5.92 Å². The third-order valence-corrected chi connectivity index (χ3v) is 4.58. The van der Waals surface area contributed by atoms with E-state index in [1.54, 1.807) is 0 Å². The van der Waals surface area contributed by atoms with Gasteiger partial charge in [0.05, 0.1) is 11.3 Å². The summed E-state index contributed by atoms with van der Waals surface area (Å²) >= 11 is 0. The standard InChI is InChI=1S/C17H20F3N5O/c1-11-2-4-12(5-3-11)23-16(26)24-13-6-7-15(25-10-21-9-22-25)14(8-13)17(18,19)20/h6-12H,2-5H2,1H3,(H2,23,24,26). The van der Waals surface area contributed by atoms with Gasteiger partial charge in [-0.25, -0.2) is 14.5 Å². The third-order valence-electron chi connectivity index (χ3n) is 4.58. The molecule has 140 valence electrons. The molecule has 1 aliphatic rings. The van der Waals surface area contributed by atoms with Crippen LogP contribution in [0.3, 0.4) is 0 Å². The fraction of sp³-hybridized carbons (Fsp3) is 0.471. The Labute approximate surface area is 148 Å². The SMILES string of the molecule is CC1CCC(NC(=O)Nc2ccc(-n3cncn3)c(C(F)(F)F)c2)CC1. The molecule has 2 amide bonds. The number of halogens is 3. The van der Waals surface area contributed by atoms with Crippen molar-refractivity contribution in [3.8, 4) is 5.69 Å². The predicted molar refractivity (Wildman–Crippen MR) is 89.9 cm³/mol. The molecule has 1 fully saturated rings. The van der Waals surface area contributed by atoms with Crippen LogP contribution in [0.5, 0.6) is 0 Å². The van der Waals surface area contributed by atoms with E-state index in [-0.39, 0.29) is 17.4 Å². The second kappa shape index (κ2) is 7.35. The largest absolute Gasteiger partial charge is 0.418 e. The van der Waals surface area contributed by atoms with Crippen LogP contribution >= 0.6 is 0 Å². The number of hydrogen-bond donors (Lipinski definition) is 2. The number of urea groups is 1.